The summed E-state index contributed by atoms with van der Waals surface area (Å²) >= 11 is 0. The predicted octanol–water partition coefficient (Wildman–Crippen LogP) is 2.11. The molecule has 100 valence electrons. The number of nitrogen functional groups attached to an aromatic ring is 1. The Labute approximate surface area is 109 Å². The molecular formula is C14H23N3O. The molecule has 0 heterocycles. The van der Waals surface area contributed by atoms with Gasteiger partial charge in [0.05, 0.1) is 11.4 Å². The largest absolute Gasteiger partial charge is 0.397 e. The molecule has 0 spiro atoms. The maximum Gasteiger partial charge on any atom is 0.251 e. The van der Waals surface area contributed by atoms with Crippen LogP contribution in [-0.2, 0) is 0 Å². The van der Waals surface area contributed by atoms with E-state index in [4.69, 9.17) is 5.73 Å². The first-order chi connectivity index (χ1) is 8.24. The third-order valence-corrected chi connectivity index (χ3v) is 2.64. The van der Waals surface area contributed by atoms with Crippen LogP contribution in [-0.4, -0.2) is 26.5 Å². The van der Waals surface area contributed by atoms with E-state index in [-0.39, 0.29) is 11.3 Å². The molecule has 18 heavy (non-hydrogen) atoms. The third-order valence-electron chi connectivity index (χ3n) is 2.64. The number of hydrogen-bond donors (Lipinski definition) is 2. The fourth-order valence-electron chi connectivity index (χ4n) is 1.96. The average Bonchev–Trinajstić information content (AvgIpc) is 2.26. The van der Waals surface area contributed by atoms with E-state index in [0.717, 1.165) is 12.2 Å². The maximum atomic E-state index is 11.6. The number of nitrogens with one attached hydrogen (secondary N) is 1. The lowest BCUT2D eigenvalue weighted by atomic mass is 9.96. The Morgan fingerprint density at radius 3 is 2.50 bits per heavy atom. The minimum atomic E-state index is -0.0968. The number of rotatable bonds is 3. The number of benzene rings is 1. The van der Waals surface area contributed by atoms with Crippen LogP contribution < -0.4 is 16.0 Å². The minimum absolute atomic E-state index is 0.0968. The van der Waals surface area contributed by atoms with Crippen LogP contribution in [0.5, 0.6) is 0 Å². The first-order valence-corrected chi connectivity index (χ1v) is 6.07. The highest BCUT2D eigenvalue weighted by Crippen LogP contribution is 2.26. The molecule has 4 nitrogen and oxygen atoms in total. The van der Waals surface area contributed by atoms with Crippen LogP contribution in [0.3, 0.4) is 0 Å². The lowest BCUT2D eigenvalue weighted by Crippen LogP contribution is -2.30. The van der Waals surface area contributed by atoms with Crippen molar-refractivity contribution in [3.8, 4) is 0 Å². The van der Waals surface area contributed by atoms with Crippen LogP contribution in [0.25, 0.3) is 0 Å². The number of hydrogen-bond acceptors (Lipinski definition) is 3. The smallest absolute Gasteiger partial charge is 0.251 e. The molecule has 0 bridgehead atoms. The molecule has 0 fully saturated rings. The highest BCUT2D eigenvalue weighted by Gasteiger charge is 2.16. The van der Waals surface area contributed by atoms with Crippen molar-refractivity contribution in [2.24, 2.45) is 5.41 Å². The van der Waals surface area contributed by atoms with E-state index in [1.807, 2.05) is 13.1 Å². The molecule has 0 atom stereocenters. The first kappa shape index (κ1) is 14.4. The second-order valence-electron chi connectivity index (χ2n) is 5.77. The molecule has 0 aromatic heterocycles. The molecule has 0 aliphatic carbocycles. The molecule has 1 rings (SSSR count). The zero-order chi connectivity index (χ0) is 13.9. The summed E-state index contributed by atoms with van der Waals surface area (Å²) in [6, 6.07) is 5.35. The maximum absolute atomic E-state index is 11.6. The Morgan fingerprint density at radius 2 is 2.00 bits per heavy atom. The summed E-state index contributed by atoms with van der Waals surface area (Å²) in [4.78, 5) is 13.7. The van der Waals surface area contributed by atoms with Gasteiger partial charge in [-0.3, -0.25) is 4.79 Å². The van der Waals surface area contributed by atoms with Crippen molar-refractivity contribution in [2.45, 2.75) is 20.8 Å². The standard InChI is InChI=1S/C14H23N3O/c1-14(2,3)9-17(5)12-8-10(13(18)16-4)6-7-11(12)15/h6-8H,9,15H2,1-5H3,(H,16,18). The molecule has 1 aromatic carbocycles. The van der Waals surface area contributed by atoms with E-state index < -0.39 is 0 Å². The molecule has 1 aromatic rings. The zero-order valence-corrected chi connectivity index (χ0v) is 11.9. The molecule has 0 aliphatic heterocycles. The second kappa shape index (κ2) is 5.29. The Bertz CT molecular complexity index is 435. The van der Waals surface area contributed by atoms with Crippen molar-refractivity contribution in [1.29, 1.82) is 0 Å². The summed E-state index contributed by atoms with van der Waals surface area (Å²) in [5, 5.41) is 2.62. The topological polar surface area (TPSA) is 58.4 Å². The number of carbonyl (C=O) groups is 1. The van der Waals surface area contributed by atoms with Crippen molar-refractivity contribution in [3.63, 3.8) is 0 Å². The van der Waals surface area contributed by atoms with E-state index in [9.17, 15) is 4.79 Å². The summed E-state index contributed by atoms with van der Waals surface area (Å²) in [7, 11) is 3.61. The van der Waals surface area contributed by atoms with Crippen LogP contribution >= 0.6 is 0 Å². The lowest BCUT2D eigenvalue weighted by Gasteiger charge is -2.29. The molecule has 0 radical (unpaired) electrons. The summed E-state index contributed by atoms with van der Waals surface area (Å²) < 4.78 is 0. The molecule has 0 aliphatic rings. The molecule has 4 heteroatoms. The van der Waals surface area contributed by atoms with Gasteiger partial charge in [-0.2, -0.15) is 0 Å². The highest BCUT2D eigenvalue weighted by atomic mass is 16.1. The van der Waals surface area contributed by atoms with Crippen LogP contribution in [0.2, 0.25) is 0 Å². The fourth-order valence-corrected chi connectivity index (χ4v) is 1.96. The van der Waals surface area contributed by atoms with Gasteiger partial charge < -0.3 is 16.0 Å². The molecule has 3 N–H and O–H groups in total. The van der Waals surface area contributed by atoms with Crippen molar-refractivity contribution in [3.05, 3.63) is 23.8 Å². The monoisotopic (exact) mass is 249 g/mol. The van der Waals surface area contributed by atoms with E-state index in [2.05, 4.69) is 31.0 Å². The number of amides is 1. The van der Waals surface area contributed by atoms with Gasteiger partial charge in [0.25, 0.3) is 5.91 Å². The Balaban J connectivity index is 3.04. The number of nitrogens with zero attached hydrogens (tertiary/aromatic N) is 1. The van der Waals surface area contributed by atoms with Crippen molar-refractivity contribution >= 4 is 17.3 Å². The summed E-state index contributed by atoms with van der Waals surface area (Å²) in [6.45, 7) is 7.38. The molecule has 0 saturated carbocycles. The van der Waals surface area contributed by atoms with Crippen molar-refractivity contribution in [1.82, 2.24) is 5.32 Å². The van der Waals surface area contributed by atoms with Gasteiger partial charge in [-0.05, 0) is 23.6 Å². The quantitative estimate of drug-likeness (QED) is 0.807. The van der Waals surface area contributed by atoms with Crippen LogP contribution in [0.4, 0.5) is 11.4 Å². The van der Waals surface area contributed by atoms with E-state index in [0.29, 0.717) is 11.3 Å². The normalized spacial score (nSPS) is 11.2. The second-order valence-corrected chi connectivity index (χ2v) is 5.77. The fraction of sp³-hybridized carbons (Fsp3) is 0.500. The Morgan fingerprint density at radius 1 is 1.39 bits per heavy atom. The summed E-state index contributed by atoms with van der Waals surface area (Å²) in [5.74, 6) is -0.0968. The van der Waals surface area contributed by atoms with Gasteiger partial charge in [0.2, 0.25) is 0 Å². The summed E-state index contributed by atoms with van der Waals surface area (Å²) in [6.07, 6.45) is 0. The third kappa shape index (κ3) is 3.65. The Kier molecular flexibility index (Phi) is 4.22. The SMILES string of the molecule is CNC(=O)c1ccc(N)c(N(C)CC(C)(C)C)c1. The molecular weight excluding hydrogens is 226 g/mol. The zero-order valence-electron chi connectivity index (χ0n) is 11.9. The minimum Gasteiger partial charge on any atom is -0.397 e. The molecule has 1 amide bonds. The van der Waals surface area contributed by atoms with E-state index in [1.54, 1.807) is 19.2 Å². The van der Waals surface area contributed by atoms with E-state index in [1.165, 1.54) is 0 Å². The predicted molar refractivity (Wildman–Crippen MR) is 77.0 cm³/mol. The number of carbonyl (C=O) groups excluding carboxylic acids is 1. The van der Waals surface area contributed by atoms with Crippen LogP contribution in [0.15, 0.2) is 18.2 Å². The van der Waals surface area contributed by atoms with Gasteiger partial charge >= 0.3 is 0 Å². The van der Waals surface area contributed by atoms with Gasteiger partial charge in [0.15, 0.2) is 0 Å². The summed E-state index contributed by atoms with van der Waals surface area (Å²) in [5.41, 5.74) is 8.36. The van der Waals surface area contributed by atoms with Crippen molar-refractivity contribution in [2.75, 3.05) is 31.3 Å². The van der Waals surface area contributed by atoms with Gasteiger partial charge in [-0.25, -0.2) is 0 Å². The Hall–Kier alpha value is -1.71. The van der Waals surface area contributed by atoms with Gasteiger partial charge in [0, 0.05) is 26.2 Å². The van der Waals surface area contributed by atoms with Crippen LogP contribution in [0, 0.1) is 5.41 Å². The van der Waals surface area contributed by atoms with Gasteiger partial charge in [-0.1, -0.05) is 20.8 Å². The van der Waals surface area contributed by atoms with E-state index >= 15 is 0 Å². The van der Waals surface area contributed by atoms with Crippen LogP contribution in [0.1, 0.15) is 31.1 Å². The van der Waals surface area contributed by atoms with Gasteiger partial charge in [0.1, 0.15) is 0 Å². The highest BCUT2D eigenvalue weighted by molar-refractivity contribution is 5.96. The number of nitrogens with two attached hydrogens (primary N) is 1. The average molecular weight is 249 g/mol. The lowest BCUT2D eigenvalue weighted by molar-refractivity contribution is 0.0963. The van der Waals surface area contributed by atoms with Crippen molar-refractivity contribution < 1.29 is 4.79 Å². The number of anilines is 2. The molecule has 0 unspecified atom stereocenters. The van der Waals surface area contributed by atoms with Gasteiger partial charge in [-0.15, -0.1) is 0 Å². The molecule has 0 saturated heterocycles. The first-order valence-electron chi connectivity index (χ1n) is 6.07.